The average molecular weight is 330 g/mol. The smallest absolute Gasteiger partial charge is 0.183 e. The zero-order chi connectivity index (χ0) is 16.6. The summed E-state index contributed by atoms with van der Waals surface area (Å²) in [5, 5.41) is 0. The molecule has 1 aliphatic heterocycles. The molecule has 0 atom stereocenters. The van der Waals surface area contributed by atoms with Crippen molar-refractivity contribution in [3.63, 3.8) is 0 Å². The quantitative estimate of drug-likeness (QED) is 0.726. The fourth-order valence-electron chi connectivity index (χ4n) is 2.39. The molecular formula is C19H22O5. The molecule has 0 spiro atoms. The van der Waals surface area contributed by atoms with Crippen LogP contribution in [0.1, 0.15) is 18.3 Å². The van der Waals surface area contributed by atoms with Gasteiger partial charge in [-0.2, -0.15) is 0 Å². The first-order valence-electron chi connectivity index (χ1n) is 8.08. The van der Waals surface area contributed by atoms with Crippen LogP contribution in [0.2, 0.25) is 0 Å². The maximum atomic E-state index is 5.68. The van der Waals surface area contributed by atoms with Gasteiger partial charge in [-0.05, 0) is 42.8 Å². The third kappa shape index (κ3) is 4.63. The first-order valence-corrected chi connectivity index (χ1v) is 8.08. The molecule has 0 aromatic heterocycles. The molecule has 2 aromatic carbocycles. The Morgan fingerprint density at radius 2 is 1.29 bits per heavy atom. The van der Waals surface area contributed by atoms with Crippen molar-refractivity contribution < 1.29 is 23.7 Å². The van der Waals surface area contributed by atoms with Gasteiger partial charge in [0.2, 0.25) is 0 Å². The maximum Gasteiger partial charge on any atom is 0.183 e. The Morgan fingerprint density at radius 1 is 0.792 bits per heavy atom. The molecule has 1 aliphatic rings. The second kappa shape index (κ2) is 8.57. The lowest BCUT2D eigenvalue weighted by Gasteiger charge is -2.23. The number of benzene rings is 2. The van der Waals surface area contributed by atoms with Gasteiger partial charge >= 0.3 is 0 Å². The molecule has 0 N–H and O–H groups in total. The van der Waals surface area contributed by atoms with E-state index in [9.17, 15) is 0 Å². The Morgan fingerprint density at radius 3 is 1.83 bits per heavy atom. The first-order chi connectivity index (χ1) is 11.8. The summed E-state index contributed by atoms with van der Waals surface area (Å²) in [4.78, 5) is 0. The van der Waals surface area contributed by atoms with Crippen molar-refractivity contribution in [2.75, 3.05) is 33.5 Å². The van der Waals surface area contributed by atoms with E-state index >= 15 is 0 Å². The highest BCUT2D eigenvalue weighted by molar-refractivity contribution is 5.31. The van der Waals surface area contributed by atoms with Crippen molar-refractivity contribution in [2.45, 2.75) is 12.7 Å². The second-order valence-corrected chi connectivity index (χ2v) is 5.37. The van der Waals surface area contributed by atoms with E-state index in [0.717, 1.165) is 42.4 Å². The summed E-state index contributed by atoms with van der Waals surface area (Å²) >= 11 is 0. The fourth-order valence-corrected chi connectivity index (χ4v) is 2.39. The van der Waals surface area contributed by atoms with Crippen LogP contribution in [-0.2, 0) is 9.47 Å². The van der Waals surface area contributed by atoms with Gasteiger partial charge in [-0.25, -0.2) is 0 Å². The highest BCUT2D eigenvalue weighted by Gasteiger charge is 2.16. The van der Waals surface area contributed by atoms with Gasteiger partial charge < -0.3 is 23.7 Å². The Bertz CT molecular complexity index is 603. The molecule has 5 heteroatoms. The van der Waals surface area contributed by atoms with Crippen molar-refractivity contribution >= 4 is 0 Å². The molecule has 0 radical (unpaired) electrons. The molecule has 128 valence electrons. The largest absolute Gasteiger partial charge is 0.497 e. The first kappa shape index (κ1) is 16.6. The van der Waals surface area contributed by atoms with Crippen molar-refractivity contribution in [1.82, 2.24) is 0 Å². The van der Waals surface area contributed by atoms with Gasteiger partial charge in [0, 0.05) is 5.56 Å². The third-order valence-corrected chi connectivity index (χ3v) is 3.66. The summed E-state index contributed by atoms with van der Waals surface area (Å²) < 4.78 is 27.6. The highest BCUT2D eigenvalue weighted by Crippen LogP contribution is 2.24. The molecular weight excluding hydrogens is 308 g/mol. The summed E-state index contributed by atoms with van der Waals surface area (Å²) in [7, 11) is 1.64. The molecule has 1 fully saturated rings. The van der Waals surface area contributed by atoms with Gasteiger partial charge in [-0.3, -0.25) is 0 Å². The molecule has 5 nitrogen and oxygen atoms in total. The normalized spacial score (nSPS) is 15.0. The molecule has 0 bridgehead atoms. The molecule has 0 unspecified atom stereocenters. The van der Waals surface area contributed by atoms with Gasteiger partial charge in [0.15, 0.2) is 6.29 Å². The Hall–Kier alpha value is -2.24. The monoisotopic (exact) mass is 330 g/mol. The summed E-state index contributed by atoms with van der Waals surface area (Å²) in [6, 6.07) is 15.3. The Balaban J connectivity index is 1.41. The van der Waals surface area contributed by atoms with E-state index in [1.54, 1.807) is 7.11 Å². The van der Waals surface area contributed by atoms with E-state index in [4.69, 9.17) is 23.7 Å². The lowest BCUT2D eigenvalue weighted by Crippen LogP contribution is -2.17. The predicted molar refractivity (Wildman–Crippen MR) is 89.7 cm³/mol. The van der Waals surface area contributed by atoms with Crippen LogP contribution >= 0.6 is 0 Å². The maximum absolute atomic E-state index is 5.68. The van der Waals surface area contributed by atoms with Crippen LogP contribution in [0.5, 0.6) is 17.2 Å². The summed E-state index contributed by atoms with van der Waals surface area (Å²) in [6.45, 7) is 2.43. The van der Waals surface area contributed by atoms with Crippen LogP contribution in [-0.4, -0.2) is 33.5 Å². The Kier molecular flexibility index (Phi) is 5.93. The van der Waals surface area contributed by atoms with E-state index < -0.39 is 0 Å². The molecule has 2 aromatic rings. The molecule has 0 aliphatic carbocycles. The number of rotatable bonds is 7. The van der Waals surface area contributed by atoms with Crippen molar-refractivity contribution in [2.24, 2.45) is 0 Å². The van der Waals surface area contributed by atoms with E-state index in [1.165, 1.54) is 0 Å². The summed E-state index contributed by atoms with van der Waals surface area (Å²) in [5.41, 5.74) is 1.01. The minimum Gasteiger partial charge on any atom is -0.497 e. The van der Waals surface area contributed by atoms with Gasteiger partial charge in [0.1, 0.15) is 30.5 Å². The zero-order valence-corrected chi connectivity index (χ0v) is 13.8. The van der Waals surface area contributed by atoms with E-state index in [2.05, 4.69) is 0 Å². The van der Waals surface area contributed by atoms with Crippen LogP contribution in [0, 0.1) is 0 Å². The summed E-state index contributed by atoms with van der Waals surface area (Å²) in [6.07, 6.45) is 0.692. The number of ether oxygens (including phenoxy) is 5. The molecule has 24 heavy (non-hydrogen) atoms. The molecule has 3 rings (SSSR count). The van der Waals surface area contributed by atoms with Crippen LogP contribution in [0.25, 0.3) is 0 Å². The van der Waals surface area contributed by atoms with Gasteiger partial charge in [0.25, 0.3) is 0 Å². The molecule has 0 amide bonds. The van der Waals surface area contributed by atoms with Gasteiger partial charge in [-0.15, -0.1) is 0 Å². The van der Waals surface area contributed by atoms with Crippen LogP contribution in [0.3, 0.4) is 0 Å². The van der Waals surface area contributed by atoms with Crippen LogP contribution in [0.15, 0.2) is 48.5 Å². The minimum absolute atomic E-state index is 0.258. The molecule has 0 saturated carbocycles. The minimum atomic E-state index is -0.258. The van der Waals surface area contributed by atoms with Crippen molar-refractivity contribution in [3.05, 3.63) is 54.1 Å². The Labute approximate surface area is 142 Å². The van der Waals surface area contributed by atoms with Crippen LogP contribution in [0.4, 0.5) is 0 Å². The molecule has 1 heterocycles. The topological polar surface area (TPSA) is 46.2 Å². The van der Waals surface area contributed by atoms with E-state index in [0.29, 0.717) is 13.2 Å². The lowest BCUT2D eigenvalue weighted by atomic mass is 10.2. The second-order valence-electron chi connectivity index (χ2n) is 5.37. The summed E-state index contributed by atoms with van der Waals surface area (Å²) in [5.74, 6) is 2.40. The lowest BCUT2D eigenvalue weighted by molar-refractivity contribution is -0.183. The fraction of sp³-hybridized carbons (Fsp3) is 0.368. The number of methoxy groups -OCH3 is 1. The van der Waals surface area contributed by atoms with Crippen LogP contribution < -0.4 is 14.2 Å². The number of hydrogen-bond acceptors (Lipinski definition) is 5. The van der Waals surface area contributed by atoms with Gasteiger partial charge in [-0.1, -0.05) is 12.1 Å². The average Bonchev–Trinajstić information content (AvgIpc) is 2.67. The highest BCUT2D eigenvalue weighted by atomic mass is 16.7. The number of hydrogen-bond donors (Lipinski definition) is 0. The predicted octanol–water partition coefficient (Wildman–Crippen LogP) is 3.59. The van der Waals surface area contributed by atoms with Gasteiger partial charge in [0.05, 0.1) is 20.3 Å². The third-order valence-electron chi connectivity index (χ3n) is 3.66. The standard InChI is InChI=1S/C19H22O5/c1-20-16-7-9-18(10-8-16)22-14-13-21-17-5-3-15(4-6-17)19-23-11-2-12-24-19/h3-10,19H,2,11-14H2,1H3. The van der Waals surface area contributed by atoms with Crippen molar-refractivity contribution in [1.29, 1.82) is 0 Å². The van der Waals surface area contributed by atoms with E-state index in [-0.39, 0.29) is 6.29 Å². The SMILES string of the molecule is COc1ccc(OCCOc2ccc(C3OCCCO3)cc2)cc1. The van der Waals surface area contributed by atoms with E-state index in [1.807, 2.05) is 48.5 Å². The van der Waals surface area contributed by atoms with Crippen molar-refractivity contribution in [3.8, 4) is 17.2 Å². The molecule has 1 saturated heterocycles. The zero-order valence-electron chi connectivity index (χ0n) is 13.8.